The Bertz CT molecular complexity index is 539. The summed E-state index contributed by atoms with van der Waals surface area (Å²) in [5, 5.41) is 10.8. The van der Waals surface area contributed by atoms with Gasteiger partial charge in [-0.25, -0.2) is 0 Å². The number of hydrogen-bond acceptors (Lipinski definition) is 5. The Morgan fingerprint density at radius 3 is 2.57 bits per heavy atom. The van der Waals surface area contributed by atoms with Crippen molar-refractivity contribution in [3.8, 4) is 0 Å². The molecule has 1 amide bonds. The second kappa shape index (κ2) is 6.53. The van der Waals surface area contributed by atoms with E-state index in [0.717, 1.165) is 26.1 Å². The van der Waals surface area contributed by atoms with Crippen molar-refractivity contribution in [2.24, 2.45) is 0 Å². The number of nitro benzene ring substituents is 1. The van der Waals surface area contributed by atoms with Gasteiger partial charge in [-0.2, -0.15) is 0 Å². The average molecular weight is 292 g/mol. The van der Waals surface area contributed by atoms with Gasteiger partial charge in [0.2, 0.25) is 0 Å². The van der Waals surface area contributed by atoms with Crippen molar-refractivity contribution >= 4 is 17.3 Å². The number of rotatable bonds is 4. The summed E-state index contributed by atoms with van der Waals surface area (Å²) in [6, 6.07) is 3.99. The Kier molecular flexibility index (Phi) is 4.74. The molecule has 0 aliphatic carbocycles. The molecule has 0 unspecified atom stereocenters. The van der Waals surface area contributed by atoms with E-state index in [1.54, 1.807) is 4.90 Å². The lowest BCUT2D eigenvalue weighted by atomic mass is 10.1. The van der Waals surface area contributed by atoms with Gasteiger partial charge in [-0.05, 0) is 19.0 Å². The highest BCUT2D eigenvalue weighted by atomic mass is 16.6. The lowest BCUT2D eigenvalue weighted by molar-refractivity contribution is -0.384. The molecule has 1 aromatic carbocycles. The van der Waals surface area contributed by atoms with Gasteiger partial charge >= 0.3 is 0 Å². The third-order valence-corrected chi connectivity index (χ3v) is 3.68. The zero-order valence-electron chi connectivity index (χ0n) is 12.1. The van der Waals surface area contributed by atoms with Crippen LogP contribution in [0.2, 0.25) is 0 Å². The molecule has 0 bridgehead atoms. The topological polar surface area (TPSA) is 92.7 Å². The summed E-state index contributed by atoms with van der Waals surface area (Å²) in [5.74, 6) is -0.229. The summed E-state index contributed by atoms with van der Waals surface area (Å²) >= 11 is 0. The van der Waals surface area contributed by atoms with Gasteiger partial charge in [0, 0.05) is 44.0 Å². The zero-order chi connectivity index (χ0) is 15.4. The molecule has 1 aliphatic rings. The number of benzene rings is 1. The Morgan fingerprint density at radius 2 is 2.00 bits per heavy atom. The van der Waals surface area contributed by atoms with Crippen LogP contribution in [-0.2, 0) is 0 Å². The minimum absolute atomic E-state index is 0.114. The number of piperazine rings is 1. The highest BCUT2D eigenvalue weighted by molar-refractivity contribution is 5.99. The molecular formula is C14H20N4O3. The number of carbonyl (C=O) groups excluding carboxylic acids is 1. The van der Waals surface area contributed by atoms with Crippen molar-refractivity contribution in [2.75, 3.05) is 38.5 Å². The normalized spacial score (nSPS) is 16.0. The van der Waals surface area contributed by atoms with Crippen molar-refractivity contribution < 1.29 is 9.72 Å². The first kappa shape index (κ1) is 15.2. The SMILES string of the molecule is CCCN1CCN(C(=O)c2cc([N+](=O)[O-])ccc2N)CC1. The first-order valence-corrected chi connectivity index (χ1v) is 7.08. The maximum Gasteiger partial charge on any atom is 0.270 e. The zero-order valence-corrected chi connectivity index (χ0v) is 12.1. The van der Waals surface area contributed by atoms with Crippen LogP contribution in [0.15, 0.2) is 18.2 Å². The number of amides is 1. The van der Waals surface area contributed by atoms with Crippen LogP contribution in [-0.4, -0.2) is 53.4 Å². The van der Waals surface area contributed by atoms with Gasteiger partial charge in [-0.1, -0.05) is 6.92 Å². The van der Waals surface area contributed by atoms with Gasteiger partial charge in [0.15, 0.2) is 0 Å². The fourth-order valence-corrected chi connectivity index (χ4v) is 2.50. The fourth-order valence-electron chi connectivity index (χ4n) is 2.50. The molecule has 0 aromatic heterocycles. The molecule has 0 saturated carbocycles. The molecule has 114 valence electrons. The Labute approximate surface area is 123 Å². The fraction of sp³-hybridized carbons (Fsp3) is 0.500. The summed E-state index contributed by atoms with van der Waals surface area (Å²) < 4.78 is 0. The minimum atomic E-state index is -0.518. The Morgan fingerprint density at radius 1 is 1.33 bits per heavy atom. The summed E-state index contributed by atoms with van der Waals surface area (Å²) in [6.07, 6.45) is 1.09. The van der Waals surface area contributed by atoms with Crippen molar-refractivity contribution in [1.82, 2.24) is 9.80 Å². The van der Waals surface area contributed by atoms with Crippen LogP contribution in [0.25, 0.3) is 0 Å². The van der Waals surface area contributed by atoms with Crippen LogP contribution in [0, 0.1) is 10.1 Å². The molecule has 2 rings (SSSR count). The Balaban J connectivity index is 2.10. The van der Waals surface area contributed by atoms with E-state index in [1.807, 2.05) is 0 Å². The van der Waals surface area contributed by atoms with E-state index in [-0.39, 0.29) is 22.8 Å². The predicted molar refractivity (Wildman–Crippen MR) is 80.1 cm³/mol. The molecule has 7 nitrogen and oxygen atoms in total. The molecule has 1 heterocycles. The largest absolute Gasteiger partial charge is 0.398 e. The average Bonchev–Trinajstić information content (AvgIpc) is 2.48. The number of non-ortho nitro benzene ring substituents is 1. The summed E-state index contributed by atoms with van der Waals surface area (Å²) in [4.78, 5) is 26.8. The number of carbonyl (C=O) groups is 1. The predicted octanol–water partition coefficient (Wildman–Crippen LogP) is 1.34. The van der Waals surface area contributed by atoms with Gasteiger partial charge < -0.3 is 10.6 Å². The molecule has 1 saturated heterocycles. The van der Waals surface area contributed by atoms with Gasteiger partial charge in [0.05, 0.1) is 10.5 Å². The third kappa shape index (κ3) is 3.49. The Hall–Kier alpha value is -2.15. The number of anilines is 1. The minimum Gasteiger partial charge on any atom is -0.398 e. The number of nitrogens with zero attached hydrogens (tertiary/aromatic N) is 3. The first-order valence-electron chi connectivity index (χ1n) is 7.08. The van der Waals surface area contributed by atoms with Gasteiger partial charge in [-0.3, -0.25) is 19.8 Å². The van der Waals surface area contributed by atoms with E-state index in [4.69, 9.17) is 5.73 Å². The second-order valence-electron chi connectivity index (χ2n) is 5.16. The van der Waals surface area contributed by atoms with E-state index in [0.29, 0.717) is 13.1 Å². The van der Waals surface area contributed by atoms with Crippen LogP contribution in [0.4, 0.5) is 11.4 Å². The van der Waals surface area contributed by atoms with Gasteiger partial charge in [0.1, 0.15) is 0 Å². The first-order chi connectivity index (χ1) is 10.0. The summed E-state index contributed by atoms with van der Waals surface area (Å²) in [5.41, 5.74) is 6.17. The quantitative estimate of drug-likeness (QED) is 0.513. The van der Waals surface area contributed by atoms with E-state index >= 15 is 0 Å². The molecule has 0 spiro atoms. The number of nitro groups is 1. The van der Waals surface area contributed by atoms with Gasteiger partial charge in [-0.15, -0.1) is 0 Å². The van der Waals surface area contributed by atoms with Crippen LogP contribution >= 0.6 is 0 Å². The standard InChI is InChI=1S/C14H20N4O3/c1-2-5-16-6-8-17(9-7-16)14(19)12-10-11(18(20)21)3-4-13(12)15/h3-4,10H,2,5-9,15H2,1H3. The van der Waals surface area contributed by atoms with Crippen LogP contribution in [0.1, 0.15) is 23.7 Å². The molecular weight excluding hydrogens is 272 g/mol. The summed E-state index contributed by atoms with van der Waals surface area (Å²) in [6.45, 7) is 6.06. The molecule has 0 radical (unpaired) electrons. The van der Waals surface area contributed by atoms with Crippen molar-refractivity contribution in [3.63, 3.8) is 0 Å². The van der Waals surface area contributed by atoms with Crippen molar-refractivity contribution in [2.45, 2.75) is 13.3 Å². The highest BCUT2D eigenvalue weighted by Crippen LogP contribution is 2.21. The number of nitrogen functional groups attached to an aromatic ring is 1. The smallest absolute Gasteiger partial charge is 0.270 e. The molecule has 21 heavy (non-hydrogen) atoms. The van der Waals surface area contributed by atoms with Gasteiger partial charge in [0.25, 0.3) is 11.6 Å². The highest BCUT2D eigenvalue weighted by Gasteiger charge is 2.24. The maximum absolute atomic E-state index is 12.5. The van der Waals surface area contributed by atoms with E-state index in [1.165, 1.54) is 18.2 Å². The number of hydrogen-bond donors (Lipinski definition) is 1. The lowest BCUT2D eigenvalue weighted by Gasteiger charge is -2.34. The van der Waals surface area contributed by atoms with Crippen LogP contribution < -0.4 is 5.73 Å². The summed E-state index contributed by atoms with van der Waals surface area (Å²) in [7, 11) is 0. The van der Waals surface area contributed by atoms with Crippen LogP contribution in [0.3, 0.4) is 0 Å². The van der Waals surface area contributed by atoms with E-state index in [9.17, 15) is 14.9 Å². The molecule has 2 N–H and O–H groups in total. The molecule has 1 aromatic rings. The maximum atomic E-state index is 12.5. The van der Waals surface area contributed by atoms with Crippen molar-refractivity contribution in [3.05, 3.63) is 33.9 Å². The molecule has 1 aliphatic heterocycles. The number of nitrogens with two attached hydrogens (primary N) is 1. The molecule has 7 heteroatoms. The third-order valence-electron chi connectivity index (χ3n) is 3.68. The van der Waals surface area contributed by atoms with Crippen LogP contribution in [0.5, 0.6) is 0 Å². The monoisotopic (exact) mass is 292 g/mol. The van der Waals surface area contributed by atoms with E-state index in [2.05, 4.69) is 11.8 Å². The molecule has 1 fully saturated rings. The van der Waals surface area contributed by atoms with Crippen molar-refractivity contribution in [1.29, 1.82) is 0 Å². The van der Waals surface area contributed by atoms with E-state index < -0.39 is 4.92 Å². The lowest BCUT2D eigenvalue weighted by Crippen LogP contribution is -2.48. The second-order valence-corrected chi connectivity index (χ2v) is 5.16. The molecule has 0 atom stereocenters.